The number of imide groups is 1. The van der Waals surface area contributed by atoms with Gasteiger partial charge in [-0.1, -0.05) is 23.8 Å². The highest BCUT2D eigenvalue weighted by Crippen LogP contribution is 2.53. The largest absolute Gasteiger partial charge is 0.507 e. The molecule has 1 fully saturated rings. The summed E-state index contributed by atoms with van der Waals surface area (Å²) >= 11 is 0. The number of carboxylic acids is 1. The number of aromatic hydroxyl groups is 2. The van der Waals surface area contributed by atoms with Gasteiger partial charge in [-0.3, -0.25) is 19.2 Å². The predicted octanol–water partition coefficient (Wildman–Crippen LogP) is 3.99. The molecule has 11 heteroatoms. The lowest BCUT2D eigenvalue weighted by Gasteiger charge is -2.41. The lowest BCUT2D eigenvalue weighted by molar-refractivity contribution is -0.123. The average molecular weight is 612 g/mol. The van der Waals surface area contributed by atoms with Crippen LogP contribution in [0.25, 0.3) is 6.08 Å². The van der Waals surface area contributed by atoms with Crippen molar-refractivity contribution in [2.75, 3.05) is 19.1 Å². The number of anilines is 1. The van der Waals surface area contributed by atoms with E-state index in [9.17, 15) is 39.3 Å². The van der Waals surface area contributed by atoms with Gasteiger partial charge in [-0.2, -0.15) is 0 Å². The van der Waals surface area contributed by atoms with Gasteiger partial charge in [0.05, 0.1) is 31.7 Å². The molecule has 6 rings (SSSR count). The van der Waals surface area contributed by atoms with Crippen molar-refractivity contribution in [2.45, 2.75) is 19.8 Å². The molecule has 3 N–H and O–H groups in total. The van der Waals surface area contributed by atoms with Crippen molar-refractivity contribution in [3.05, 3.63) is 82.0 Å². The second kappa shape index (κ2) is 10.9. The molecule has 0 saturated carbocycles. The van der Waals surface area contributed by atoms with E-state index in [1.54, 1.807) is 31.2 Å². The van der Waals surface area contributed by atoms with Crippen molar-refractivity contribution >= 4 is 41.1 Å². The molecule has 0 bridgehead atoms. The van der Waals surface area contributed by atoms with Gasteiger partial charge in [-0.05, 0) is 61.6 Å². The van der Waals surface area contributed by atoms with Crippen molar-refractivity contribution in [3.8, 4) is 23.0 Å². The topological polar surface area (TPSA) is 168 Å². The Morgan fingerprint density at radius 2 is 1.67 bits per heavy atom. The molecule has 1 aliphatic heterocycles. The summed E-state index contributed by atoms with van der Waals surface area (Å²) in [5.74, 6) is -6.19. The monoisotopic (exact) mass is 611 g/mol. The van der Waals surface area contributed by atoms with E-state index < -0.39 is 47.2 Å². The number of aromatic carboxylic acids is 1. The third-order valence-corrected chi connectivity index (χ3v) is 9.07. The molecular formula is C34H29NO10. The molecule has 4 atom stereocenters. The number of benzene rings is 2. The van der Waals surface area contributed by atoms with Gasteiger partial charge in [-0.15, -0.1) is 0 Å². The van der Waals surface area contributed by atoms with Gasteiger partial charge in [0.15, 0.2) is 23.1 Å². The minimum atomic E-state index is -1.36. The number of methoxy groups -OCH3 is 2. The molecule has 2 amide bonds. The number of carboxylic acid groups (broad SMARTS) is 1. The zero-order valence-corrected chi connectivity index (χ0v) is 24.6. The SMILES string of the molecule is COc1cc(C=CC2C3=CCC4C(=O)N(c5ccc(C(=O)O)c(O)c5)C(=O)C4C3CC3=C2C(=O)C(C)=CC3=O)cc(OC)c1O. The van der Waals surface area contributed by atoms with Crippen LogP contribution >= 0.6 is 0 Å². The summed E-state index contributed by atoms with van der Waals surface area (Å²) in [6.07, 6.45) is 6.96. The minimum absolute atomic E-state index is 0.0494. The Kier molecular flexibility index (Phi) is 7.19. The molecular weight excluding hydrogens is 582 g/mol. The lowest BCUT2D eigenvalue weighted by atomic mass is 9.60. The molecule has 2 aromatic rings. The van der Waals surface area contributed by atoms with Crippen molar-refractivity contribution in [3.63, 3.8) is 0 Å². The molecule has 0 spiro atoms. The smallest absolute Gasteiger partial charge is 0.339 e. The van der Waals surface area contributed by atoms with Crippen LogP contribution in [0, 0.1) is 23.7 Å². The number of hydrogen-bond acceptors (Lipinski definition) is 9. The van der Waals surface area contributed by atoms with Crippen LogP contribution in [-0.2, 0) is 19.2 Å². The molecule has 230 valence electrons. The number of carbonyl (C=O) groups is 5. The molecule has 0 radical (unpaired) electrons. The van der Waals surface area contributed by atoms with E-state index in [4.69, 9.17) is 9.47 Å². The van der Waals surface area contributed by atoms with Crippen LogP contribution < -0.4 is 14.4 Å². The molecule has 3 aliphatic carbocycles. The Labute approximate surface area is 257 Å². The maximum Gasteiger partial charge on any atom is 0.339 e. The van der Waals surface area contributed by atoms with E-state index in [0.717, 1.165) is 22.6 Å². The predicted molar refractivity (Wildman–Crippen MR) is 160 cm³/mol. The van der Waals surface area contributed by atoms with Crippen LogP contribution in [0.1, 0.15) is 35.7 Å². The number of phenols is 2. The molecule has 11 nitrogen and oxygen atoms in total. The lowest BCUT2D eigenvalue weighted by Crippen LogP contribution is -2.40. The van der Waals surface area contributed by atoms with E-state index in [0.29, 0.717) is 22.3 Å². The van der Waals surface area contributed by atoms with Gasteiger partial charge in [-0.25, -0.2) is 9.69 Å². The Balaban J connectivity index is 1.42. The number of allylic oxidation sites excluding steroid dienone is 7. The quantitative estimate of drug-likeness (QED) is 0.247. The van der Waals surface area contributed by atoms with E-state index in [1.807, 2.05) is 6.08 Å². The molecule has 45 heavy (non-hydrogen) atoms. The Morgan fingerprint density at radius 1 is 0.978 bits per heavy atom. The highest BCUT2D eigenvalue weighted by Gasteiger charge is 2.56. The molecule has 0 aromatic heterocycles. The Bertz CT molecular complexity index is 1820. The number of Topliss-reactive ketones (excluding diaryl/α,β-unsaturated/α-hetero) is 1. The summed E-state index contributed by atoms with van der Waals surface area (Å²) in [6.45, 7) is 1.58. The normalized spacial score (nSPS) is 24.3. The minimum Gasteiger partial charge on any atom is -0.507 e. The van der Waals surface area contributed by atoms with Crippen molar-refractivity contribution < 1.29 is 48.8 Å². The van der Waals surface area contributed by atoms with Gasteiger partial charge in [0.1, 0.15) is 11.3 Å². The van der Waals surface area contributed by atoms with E-state index in [-0.39, 0.29) is 52.9 Å². The van der Waals surface area contributed by atoms with Gasteiger partial charge in [0.2, 0.25) is 17.6 Å². The summed E-state index contributed by atoms with van der Waals surface area (Å²) in [4.78, 5) is 66.8. The van der Waals surface area contributed by atoms with Crippen LogP contribution in [0.15, 0.2) is 70.9 Å². The Morgan fingerprint density at radius 3 is 2.29 bits per heavy atom. The number of nitrogens with zero attached hydrogens (tertiary/aromatic N) is 1. The number of carbonyl (C=O) groups excluding carboxylic acids is 4. The number of ether oxygens (including phenoxy) is 2. The first-order chi connectivity index (χ1) is 21.5. The number of rotatable bonds is 6. The number of ketones is 2. The first kappa shape index (κ1) is 29.6. The van der Waals surface area contributed by atoms with Gasteiger partial charge < -0.3 is 24.8 Å². The van der Waals surface area contributed by atoms with Crippen LogP contribution in [0.5, 0.6) is 23.0 Å². The van der Waals surface area contributed by atoms with Crippen LogP contribution in [-0.4, -0.2) is 58.9 Å². The maximum atomic E-state index is 14.0. The van der Waals surface area contributed by atoms with Crippen LogP contribution in [0.3, 0.4) is 0 Å². The standard InChI is InChI=1S/C34H29NO10/c1-15-10-24(36)23-14-22-18(19(28(23)30(15)38)6-4-16-11-26(44-2)31(39)27(12-16)45-3)8-9-21-29(22)33(41)35(32(21)40)17-5-7-20(34(42)43)25(37)13-17/h4-8,10-13,19,21-22,29,37,39H,9,14H2,1-3H3,(H,42,43). The third kappa shape index (κ3) is 4.62. The van der Waals surface area contributed by atoms with Crippen LogP contribution in [0.4, 0.5) is 5.69 Å². The second-order valence-electron chi connectivity index (χ2n) is 11.4. The van der Waals surface area contributed by atoms with Crippen molar-refractivity contribution in [1.82, 2.24) is 0 Å². The highest BCUT2D eigenvalue weighted by atomic mass is 16.5. The summed E-state index contributed by atoms with van der Waals surface area (Å²) in [6, 6.07) is 6.70. The molecule has 1 heterocycles. The fourth-order valence-electron chi connectivity index (χ4n) is 6.95. The van der Waals surface area contributed by atoms with Gasteiger partial charge >= 0.3 is 5.97 Å². The maximum absolute atomic E-state index is 14.0. The average Bonchev–Trinajstić information content (AvgIpc) is 3.27. The zero-order valence-electron chi connectivity index (χ0n) is 24.6. The van der Waals surface area contributed by atoms with Gasteiger partial charge in [0.25, 0.3) is 0 Å². The number of phenolic OH excluding ortho intramolecular Hbond substituents is 1. The van der Waals surface area contributed by atoms with Crippen LogP contribution in [0.2, 0.25) is 0 Å². The summed E-state index contributed by atoms with van der Waals surface area (Å²) < 4.78 is 10.5. The molecule has 4 aliphatic rings. The van der Waals surface area contributed by atoms with E-state index >= 15 is 0 Å². The summed E-state index contributed by atoms with van der Waals surface area (Å²) in [5, 5.41) is 29.9. The molecule has 2 aromatic carbocycles. The van der Waals surface area contributed by atoms with E-state index in [2.05, 4.69) is 0 Å². The summed E-state index contributed by atoms with van der Waals surface area (Å²) in [5.41, 5.74) is 1.95. The zero-order chi connectivity index (χ0) is 32.3. The van der Waals surface area contributed by atoms with Crippen molar-refractivity contribution in [2.24, 2.45) is 23.7 Å². The number of hydrogen-bond donors (Lipinski definition) is 3. The fourth-order valence-corrected chi connectivity index (χ4v) is 6.95. The second-order valence-corrected chi connectivity index (χ2v) is 11.4. The fraction of sp³-hybridized carbons (Fsp3) is 0.265. The number of fused-ring (bicyclic) bond motifs is 3. The van der Waals surface area contributed by atoms with Gasteiger partial charge in [0, 0.05) is 28.7 Å². The summed E-state index contributed by atoms with van der Waals surface area (Å²) in [7, 11) is 2.81. The molecule has 1 saturated heterocycles. The first-order valence-corrected chi connectivity index (χ1v) is 14.2. The Hall–Kier alpha value is -5.45. The number of amides is 2. The van der Waals surface area contributed by atoms with E-state index in [1.165, 1.54) is 26.4 Å². The van der Waals surface area contributed by atoms with Crippen molar-refractivity contribution in [1.29, 1.82) is 0 Å². The highest BCUT2D eigenvalue weighted by molar-refractivity contribution is 6.25. The third-order valence-electron chi connectivity index (χ3n) is 9.07. The first-order valence-electron chi connectivity index (χ1n) is 14.2. The molecule has 4 unspecified atom stereocenters.